The van der Waals surface area contributed by atoms with Crippen LogP contribution in [0.4, 0.5) is 21.8 Å². The lowest BCUT2D eigenvalue weighted by atomic mass is 9.83. The Morgan fingerprint density at radius 3 is 2.44 bits per heavy atom. The number of carbonyl (C=O) groups is 4. The molecule has 0 spiro atoms. The van der Waals surface area contributed by atoms with Gasteiger partial charge in [0.05, 0.1) is 30.5 Å². The van der Waals surface area contributed by atoms with Crippen molar-refractivity contribution in [2.45, 2.75) is 120 Å². The molecule has 2 aromatic heterocycles. The first-order valence-electron chi connectivity index (χ1n) is 23.4. The third-order valence-electron chi connectivity index (χ3n) is 14.7. The fraction of sp³-hybridized carbons (Fsp3) is 0.521. The number of fused-ring (bicyclic) bond motifs is 2. The zero-order valence-corrected chi connectivity index (χ0v) is 37.8. The lowest BCUT2D eigenvalue weighted by molar-refractivity contribution is -0.137. The summed E-state index contributed by atoms with van der Waals surface area (Å²) < 4.78 is 30.2. The molecule has 16 nitrogen and oxygen atoms in total. The smallest absolute Gasteiger partial charge is 0.293 e. The van der Waals surface area contributed by atoms with E-state index in [1.165, 1.54) is 11.9 Å². The van der Waals surface area contributed by atoms with Crippen molar-refractivity contribution in [3.63, 3.8) is 0 Å². The Kier molecular flexibility index (Phi) is 12.4. The number of pyridine rings is 1. The molecule has 0 radical (unpaired) electrons. The maximum Gasteiger partial charge on any atom is 0.293 e. The minimum absolute atomic E-state index is 0.0393. The topological polar surface area (TPSA) is 180 Å². The zero-order chi connectivity index (χ0) is 45.6. The molecule has 1 atom stereocenters. The molecule has 3 saturated heterocycles. The highest BCUT2D eigenvalue weighted by molar-refractivity contribution is 6.33. The molecule has 4 aliphatic heterocycles. The van der Waals surface area contributed by atoms with E-state index in [2.05, 4.69) is 30.7 Å². The molecule has 10 rings (SSSR count). The fourth-order valence-corrected chi connectivity index (χ4v) is 11.0. The summed E-state index contributed by atoms with van der Waals surface area (Å²) in [5.41, 5.74) is 2.60. The van der Waals surface area contributed by atoms with Crippen molar-refractivity contribution in [2.24, 2.45) is 0 Å². The number of ether oxygens (including phenoxy) is 2. The normalized spacial score (nSPS) is 23.3. The summed E-state index contributed by atoms with van der Waals surface area (Å²) in [6.45, 7) is 3.01. The van der Waals surface area contributed by atoms with Gasteiger partial charge in [0.15, 0.2) is 18.2 Å². The van der Waals surface area contributed by atoms with Gasteiger partial charge in [0.2, 0.25) is 17.8 Å². The Morgan fingerprint density at radius 2 is 1.70 bits per heavy atom. The van der Waals surface area contributed by atoms with Crippen LogP contribution in [0.15, 0.2) is 47.4 Å². The Morgan fingerprint density at radius 1 is 0.924 bits per heavy atom. The number of nitrogens with zero attached hydrogens (tertiary/aromatic N) is 6. The van der Waals surface area contributed by atoms with Gasteiger partial charge in [-0.2, -0.15) is 4.98 Å². The first kappa shape index (κ1) is 44.2. The second-order valence-corrected chi connectivity index (χ2v) is 19.0. The predicted molar refractivity (Wildman–Crippen MR) is 245 cm³/mol. The van der Waals surface area contributed by atoms with E-state index in [0.717, 1.165) is 107 Å². The van der Waals surface area contributed by atoms with Gasteiger partial charge in [-0.1, -0.05) is 30.5 Å². The number of halogens is 2. The van der Waals surface area contributed by atoms with Crippen LogP contribution in [0.3, 0.4) is 0 Å². The first-order valence-corrected chi connectivity index (χ1v) is 23.8. The van der Waals surface area contributed by atoms with Crippen LogP contribution in [0.2, 0.25) is 5.02 Å². The number of piperidine rings is 3. The molecular formula is C48H55ClFN9O7. The molecule has 6 heterocycles. The number of nitrogens with one attached hydrogen (secondary N) is 3. The number of carbonyl (C=O) groups excluding carboxylic acids is 4. The number of aromatic nitrogens is 3. The van der Waals surface area contributed by atoms with Gasteiger partial charge in [-0.15, -0.1) is 0 Å². The van der Waals surface area contributed by atoms with Crippen LogP contribution in [-0.2, 0) is 25.7 Å². The standard InChI is InChI=1S/C48H55ClFN9O7/c1-51-42(61)26-65-40-21-28-20-29(6-9-38(28)59(47(40)64)30-4-2-3-5-30)53-44-37(49)24-52-48(55-44)57-18-14-32(15-19-57)66-33-22-31(23-33)56-16-12-27(13-17-56)34-7-8-35-36(43(34)50)25-58(46(35)63)39-10-11-41(60)54-45(39)62/h6-9,20-21,24,27,30-33,39H,2-5,10-19,22-23,25-26H2,1H3,(H,51,61)(H,52,53,55)(H,54,60,62)/t31-,33-,39?. The lowest BCUT2D eigenvalue weighted by Crippen LogP contribution is -2.52. The van der Waals surface area contributed by atoms with Gasteiger partial charge >= 0.3 is 0 Å². The quantitative estimate of drug-likeness (QED) is 0.147. The minimum Gasteiger partial charge on any atom is -0.478 e. The molecule has 66 heavy (non-hydrogen) atoms. The molecule has 348 valence electrons. The van der Waals surface area contributed by atoms with Crippen LogP contribution in [0, 0.1) is 5.82 Å². The third kappa shape index (κ3) is 8.72. The fourth-order valence-electron chi connectivity index (χ4n) is 10.9. The number of likely N-dealkylation sites (N-methyl/N-ethyl adjacent to an activating group) is 1. The molecule has 1 unspecified atom stereocenters. The van der Waals surface area contributed by atoms with Gasteiger partial charge in [-0.3, -0.25) is 29.3 Å². The summed E-state index contributed by atoms with van der Waals surface area (Å²) in [5.74, 6) is -0.629. The number of benzene rings is 2. The van der Waals surface area contributed by atoms with Crippen LogP contribution < -0.4 is 31.1 Å². The average molecular weight is 924 g/mol. The number of likely N-dealkylation sites (tertiary alicyclic amines) is 1. The van der Waals surface area contributed by atoms with Crippen molar-refractivity contribution in [2.75, 3.05) is 50.1 Å². The second-order valence-electron chi connectivity index (χ2n) is 18.6. The molecule has 4 amide bonds. The minimum atomic E-state index is -0.768. The third-order valence-corrected chi connectivity index (χ3v) is 14.9. The van der Waals surface area contributed by atoms with Gasteiger partial charge in [0.25, 0.3) is 17.4 Å². The molecule has 2 saturated carbocycles. The molecule has 2 aromatic carbocycles. The van der Waals surface area contributed by atoms with Crippen molar-refractivity contribution in [1.29, 1.82) is 0 Å². The predicted octanol–water partition coefficient (Wildman–Crippen LogP) is 5.72. The summed E-state index contributed by atoms with van der Waals surface area (Å²) in [7, 11) is 1.53. The van der Waals surface area contributed by atoms with Crippen LogP contribution in [-0.4, -0.2) is 112 Å². The van der Waals surface area contributed by atoms with E-state index in [-0.39, 0.29) is 85.0 Å². The first-order chi connectivity index (χ1) is 32.0. The average Bonchev–Trinajstić information content (AvgIpc) is 3.96. The summed E-state index contributed by atoms with van der Waals surface area (Å²) in [6.07, 6.45) is 11.6. The molecule has 6 aliphatic rings. The van der Waals surface area contributed by atoms with Crippen molar-refractivity contribution in [3.05, 3.63) is 80.5 Å². The molecule has 3 N–H and O–H groups in total. The number of anilines is 3. The van der Waals surface area contributed by atoms with Crippen molar-refractivity contribution < 1.29 is 33.0 Å². The van der Waals surface area contributed by atoms with Crippen molar-refractivity contribution in [3.8, 4) is 5.75 Å². The summed E-state index contributed by atoms with van der Waals surface area (Å²) in [4.78, 5) is 78.3. The molecule has 4 aromatic rings. The molecule has 2 aliphatic carbocycles. The highest BCUT2D eigenvalue weighted by Gasteiger charge is 2.42. The number of hydrogen-bond donors (Lipinski definition) is 3. The van der Waals surface area contributed by atoms with E-state index in [0.29, 0.717) is 39.5 Å². The maximum absolute atomic E-state index is 16.0. The Hall–Kier alpha value is -5.65. The maximum atomic E-state index is 16.0. The number of imide groups is 1. The van der Waals surface area contributed by atoms with E-state index in [1.54, 1.807) is 24.4 Å². The largest absolute Gasteiger partial charge is 0.478 e. The highest BCUT2D eigenvalue weighted by Crippen LogP contribution is 2.40. The summed E-state index contributed by atoms with van der Waals surface area (Å²) in [5, 5.41) is 9.37. The molecule has 18 heteroatoms. The summed E-state index contributed by atoms with van der Waals surface area (Å²) in [6, 6.07) is 10.7. The van der Waals surface area contributed by atoms with E-state index in [4.69, 9.17) is 26.1 Å². The van der Waals surface area contributed by atoms with Crippen molar-refractivity contribution >= 4 is 63.6 Å². The van der Waals surface area contributed by atoms with Crippen LogP contribution in [0.1, 0.15) is 110 Å². The zero-order valence-electron chi connectivity index (χ0n) is 37.0. The molecule has 5 fully saturated rings. The van der Waals surface area contributed by atoms with E-state index < -0.39 is 11.9 Å². The van der Waals surface area contributed by atoms with E-state index in [1.807, 2.05) is 22.8 Å². The van der Waals surface area contributed by atoms with Gasteiger partial charge in [-0.25, -0.2) is 9.37 Å². The van der Waals surface area contributed by atoms with Gasteiger partial charge in [-0.05, 0) is 113 Å². The van der Waals surface area contributed by atoms with E-state index >= 15 is 4.39 Å². The Balaban J connectivity index is 0.703. The SMILES string of the molecule is CNC(=O)COc1cc2cc(Nc3nc(N4CCC(O[C@H]5C[C@H](N6CCC(c7ccc8c(c7F)CN(C7CCC(=O)NC7=O)C8=O)CC6)C5)CC4)ncc3Cl)ccc2n(C2CCCC2)c1=O. The van der Waals surface area contributed by atoms with Crippen LogP contribution >= 0.6 is 11.6 Å². The summed E-state index contributed by atoms with van der Waals surface area (Å²) >= 11 is 6.64. The number of hydrogen-bond acceptors (Lipinski definition) is 12. The van der Waals surface area contributed by atoms with Crippen molar-refractivity contribution in [1.82, 2.24) is 35.0 Å². The van der Waals surface area contributed by atoms with Crippen LogP contribution in [0.25, 0.3) is 10.9 Å². The molecular weight excluding hydrogens is 869 g/mol. The van der Waals surface area contributed by atoms with Gasteiger partial charge in [0.1, 0.15) is 16.9 Å². The lowest BCUT2D eigenvalue weighted by Gasteiger charge is -2.47. The van der Waals surface area contributed by atoms with Crippen LogP contribution in [0.5, 0.6) is 5.75 Å². The Bertz CT molecular complexity index is 2620. The Labute approximate surface area is 386 Å². The van der Waals surface area contributed by atoms with Gasteiger partial charge in [0, 0.05) is 60.8 Å². The highest BCUT2D eigenvalue weighted by atomic mass is 35.5. The molecule has 0 bridgehead atoms. The second kappa shape index (κ2) is 18.6. The van der Waals surface area contributed by atoms with Gasteiger partial charge < -0.3 is 39.4 Å². The number of rotatable bonds is 12. The monoisotopic (exact) mass is 923 g/mol. The number of amides is 4. The van der Waals surface area contributed by atoms with E-state index in [9.17, 15) is 24.0 Å².